The van der Waals surface area contributed by atoms with Gasteiger partial charge in [-0.2, -0.15) is 9.57 Å². The van der Waals surface area contributed by atoms with E-state index in [2.05, 4.69) is 11.0 Å². The molecule has 2 aliphatic rings. The van der Waals surface area contributed by atoms with Gasteiger partial charge in [-0.15, -0.1) is 0 Å². The van der Waals surface area contributed by atoms with Gasteiger partial charge >= 0.3 is 0 Å². The summed E-state index contributed by atoms with van der Waals surface area (Å²) >= 11 is 0. The number of nitrogens with zero attached hydrogens (tertiary/aromatic N) is 4. The van der Waals surface area contributed by atoms with E-state index in [4.69, 9.17) is 10.00 Å². The summed E-state index contributed by atoms with van der Waals surface area (Å²) < 4.78 is 33.8. The van der Waals surface area contributed by atoms with E-state index in [1.807, 2.05) is 12.1 Å². The zero-order valence-corrected chi connectivity index (χ0v) is 21.0. The van der Waals surface area contributed by atoms with E-state index in [1.54, 1.807) is 29.2 Å². The van der Waals surface area contributed by atoms with Crippen LogP contribution in [0.15, 0.2) is 47.4 Å². The Kier molecular flexibility index (Phi) is 7.93. The molecule has 2 aliphatic heterocycles. The number of anilines is 1. The molecule has 4 rings (SSSR count). The van der Waals surface area contributed by atoms with Crippen LogP contribution < -0.4 is 9.64 Å². The third-order valence-corrected chi connectivity index (χ3v) is 8.66. The molecule has 0 aliphatic carbocycles. The standard InChI is InChI=1S/C26H32N4O4S/c1-34-24-12-9-22(19-25(24)35(32,33)30-15-4-2-3-5-16-30)26(31)29-14-6-13-28(17-18-29)23-10-7-21(20-27)8-11-23/h7-12,19H,2-6,13-18H2,1H3. The lowest BCUT2D eigenvalue weighted by molar-refractivity contribution is 0.0766. The summed E-state index contributed by atoms with van der Waals surface area (Å²) in [6.07, 6.45) is 4.51. The zero-order valence-electron chi connectivity index (χ0n) is 20.1. The first-order chi connectivity index (χ1) is 16.9. The smallest absolute Gasteiger partial charge is 0.253 e. The fourth-order valence-electron chi connectivity index (χ4n) is 4.74. The van der Waals surface area contributed by atoms with E-state index in [9.17, 15) is 13.2 Å². The Hall–Kier alpha value is -3.09. The number of nitriles is 1. The van der Waals surface area contributed by atoms with Crippen LogP contribution in [0.4, 0.5) is 5.69 Å². The van der Waals surface area contributed by atoms with Gasteiger partial charge in [0.15, 0.2) is 0 Å². The monoisotopic (exact) mass is 496 g/mol. The van der Waals surface area contributed by atoms with E-state index in [0.29, 0.717) is 43.9 Å². The van der Waals surface area contributed by atoms with Crippen LogP contribution in [0, 0.1) is 11.3 Å². The second kappa shape index (κ2) is 11.1. The number of amides is 1. The number of hydrogen-bond donors (Lipinski definition) is 0. The largest absolute Gasteiger partial charge is 0.495 e. The Morgan fingerprint density at radius 1 is 0.886 bits per heavy atom. The molecule has 2 aromatic rings. The number of ether oxygens (including phenoxy) is 1. The SMILES string of the molecule is COc1ccc(C(=O)N2CCCN(c3ccc(C#N)cc3)CC2)cc1S(=O)(=O)N1CCCCCC1. The van der Waals surface area contributed by atoms with E-state index in [-0.39, 0.29) is 16.6 Å². The topological polar surface area (TPSA) is 94.0 Å². The lowest BCUT2D eigenvalue weighted by Gasteiger charge is -2.24. The molecule has 0 unspecified atom stereocenters. The highest BCUT2D eigenvalue weighted by molar-refractivity contribution is 7.89. The minimum atomic E-state index is -3.77. The fraction of sp³-hybridized carbons (Fsp3) is 0.462. The van der Waals surface area contributed by atoms with Crippen LogP contribution in [0.3, 0.4) is 0 Å². The number of benzene rings is 2. The molecule has 0 spiro atoms. The van der Waals surface area contributed by atoms with Gasteiger partial charge in [-0.3, -0.25) is 4.79 Å². The van der Waals surface area contributed by atoms with Crippen molar-refractivity contribution in [2.45, 2.75) is 37.0 Å². The minimum Gasteiger partial charge on any atom is -0.495 e. The molecule has 0 aromatic heterocycles. The Balaban J connectivity index is 1.52. The van der Waals surface area contributed by atoms with Crippen molar-refractivity contribution in [1.82, 2.24) is 9.21 Å². The Morgan fingerprint density at radius 3 is 2.26 bits per heavy atom. The van der Waals surface area contributed by atoms with Gasteiger partial charge in [0.2, 0.25) is 10.0 Å². The van der Waals surface area contributed by atoms with E-state index in [1.165, 1.54) is 17.5 Å². The van der Waals surface area contributed by atoms with Crippen molar-refractivity contribution in [3.8, 4) is 11.8 Å². The number of carbonyl (C=O) groups is 1. The summed E-state index contributed by atoms with van der Waals surface area (Å²) in [5.41, 5.74) is 1.99. The van der Waals surface area contributed by atoms with Crippen LogP contribution >= 0.6 is 0 Å². The molecule has 8 nitrogen and oxygen atoms in total. The molecular weight excluding hydrogens is 464 g/mol. The van der Waals surface area contributed by atoms with Crippen molar-refractivity contribution in [1.29, 1.82) is 5.26 Å². The average Bonchev–Trinajstić information content (AvgIpc) is 3.32. The molecule has 0 saturated carbocycles. The molecule has 0 radical (unpaired) electrons. The first kappa shape index (κ1) is 25.0. The molecule has 0 bridgehead atoms. The Bertz CT molecular complexity index is 1180. The highest BCUT2D eigenvalue weighted by Crippen LogP contribution is 2.30. The lowest BCUT2D eigenvalue weighted by Crippen LogP contribution is -2.35. The number of sulfonamides is 1. The highest BCUT2D eigenvalue weighted by Gasteiger charge is 2.30. The van der Waals surface area contributed by atoms with Gasteiger partial charge in [0.25, 0.3) is 5.91 Å². The maximum atomic E-state index is 13.5. The van der Waals surface area contributed by atoms with Crippen molar-refractivity contribution < 1.29 is 17.9 Å². The molecule has 2 aromatic carbocycles. The third kappa shape index (κ3) is 5.60. The maximum absolute atomic E-state index is 13.5. The zero-order chi connectivity index (χ0) is 24.8. The van der Waals surface area contributed by atoms with Crippen LogP contribution in [0.5, 0.6) is 5.75 Å². The highest BCUT2D eigenvalue weighted by atomic mass is 32.2. The summed E-state index contributed by atoms with van der Waals surface area (Å²) in [5, 5.41) is 9.02. The quantitative estimate of drug-likeness (QED) is 0.629. The number of hydrogen-bond acceptors (Lipinski definition) is 6. The molecule has 2 fully saturated rings. The normalized spacial score (nSPS) is 17.8. The lowest BCUT2D eigenvalue weighted by atomic mass is 10.2. The first-order valence-corrected chi connectivity index (χ1v) is 13.6. The molecule has 186 valence electrons. The second-order valence-corrected chi connectivity index (χ2v) is 10.9. The second-order valence-electron chi connectivity index (χ2n) is 8.98. The van der Waals surface area contributed by atoms with Crippen molar-refractivity contribution in [3.05, 3.63) is 53.6 Å². The molecule has 0 atom stereocenters. The van der Waals surface area contributed by atoms with Crippen LogP contribution in [0.2, 0.25) is 0 Å². The molecule has 35 heavy (non-hydrogen) atoms. The molecular formula is C26H32N4O4S. The summed E-state index contributed by atoms with van der Waals surface area (Å²) in [4.78, 5) is 17.5. The Morgan fingerprint density at radius 2 is 1.60 bits per heavy atom. The van der Waals surface area contributed by atoms with Crippen LogP contribution in [-0.4, -0.2) is 69.9 Å². The predicted molar refractivity (Wildman–Crippen MR) is 134 cm³/mol. The van der Waals surface area contributed by atoms with E-state index >= 15 is 0 Å². The van der Waals surface area contributed by atoms with Crippen molar-refractivity contribution in [2.75, 3.05) is 51.3 Å². The predicted octanol–water partition coefficient (Wildman–Crippen LogP) is 3.48. The van der Waals surface area contributed by atoms with Crippen molar-refractivity contribution in [2.24, 2.45) is 0 Å². The van der Waals surface area contributed by atoms with Gasteiger partial charge in [0.05, 0.1) is 18.7 Å². The van der Waals surface area contributed by atoms with Gasteiger partial charge in [-0.25, -0.2) is 8.42 Å². The van der Waals surface area contributed by atoms with Crippen LogP contribution in [-0.2, 0) is 10.0 Å². The minimum absolute atomic E-state index is 0.0572. The van der Waals surface area contributed by atoms with Crippen molar-refractivity contribution >= 4 is 21.6 Å². The van der Waals surface area contributed by atoms with Gasteiger partial charge in [-0.05, 0) is 61.7 Å². The summed E-state index contributed by atoms with van der Waals surface area (Å²) in [7, 11) is -2.32. The van der Waals surface area contributed by atoms with Crippen molar-refractivity contribution in [3.63, 3.8) is 0 Å². The summed E-state index contributed by atoms with van der Waals surface area (Å²) in [6, 6.07) is 14.3. The third-order valence-electron chi connectivity index (χ3n) is 6.74. The maximum Gasteiger partial charge on any atom is 0.253 e. The molecule has 0 N–H and O–H groups in total. The van der Waals surface area contributed by atoms with Gasteiger partial charge in [0.1, 0.15) is 10.6 Å². The van der Waals surface area contributed by atoms with E-state index < -0.39 is 10.0 Å². The summed E-state index contributed by atoms with van der Waals surface area (Å²) in [6.45, 7) is 3.55. The Labute approximate surface area is 207 Å². The average molecular weight is 497 g/mol. The van der Waals surface area contributed by atoms with Gasteiger partial charge < -0.3 is 14.5 Å². The molecule has 2 heterocycles. The fourth-order valence-corrected chi connectivity index (χ4v) is 6.44. The number of methoxy groups -OCH3 is 1. The number of carbonyl (C=O) groups excluding carboxylic acids is 1. The first-order valence-electron chi connectivity index (χ1n) is 12.2. The summed E-state index contributed by atoms with van der Waals surface area (Å²) in [5.74, 6) is 0.0790. The molecule has 1 amide bonds. The van der Waals surface area contributed by atoms with Crippen LogP contribution in [0.25, 0.3) is 0 Å². The number of rotatable bonds is 5. The molecule has 2 saturated heterocycles. The molecule has 9 heteroatoms. The van der Waals surface area contributed by atoms with Gasteiger partial charge in [0, 0.05) is 50.5 Å². The van der Waals surface area contributed by atoms with Gasteiger partial charge in [-0.1, -0.05) is 12.8 Å². The van der Waals surface area contributed by atoms with E-state index in [0.717, 1.165) is 44.3 Å². The van der Waals surface area contributed by atoms with Crippen LogP contribution in [0.1, 0.15) is 48.0 Å².